The van der Waals surface area contributed by atoms with Gasteiger partial charge in [-0.3, -0.25) is 4.90 Å². The Morgan fingerprint density at radius 1 is 1.00 bits per heavy atom. The highest BCUT2D eigenvalue weighted by molar-refractivity contribution is 5.85. The average molecular weight is 477 g/mol. The van der Waals surface area contributed by atoms with Crippen LogP contribution in [0.4, 0.5) is 4.79 Å². The highest BCUT2D eigenvalue weighted by atomic mass is 35.5. The second kappa shape index (κ2) is 13.3. The van der Waals surface area contributed by atoms with Crippen LogP contribution in [-0.2, 0) is 13.1 Å². The number of ether oxygens (including phenoxy) is 2. The normalized spacial score (nSPS) is 15.3. The summed E-state index contributed by atoms with van der Waals surface area (Å²) in [6, 6.07) is 13.5. The van der Waals surface area contributed by atoms with Crippen LogP contribution in [0.2, 0.25) is 0 Å². The standard InChI is InChI=1S/C25H36N4O3.ClH/c1-5-28-12-14-29(15-13-28)18-21-9-7-6-8-20(21)17-26-25(30)27-19(2)23-16-22(31-3)10-11-24(23)32-4;/h6-11,16,19H,5,12-15,17-18H2,1-4H3,(H2,26,27,30);1H. The molecule has 0 aromatic heterocycles. The van der Waals surface area contributed by atoms with Crippen LogP contribution in [0.5, 0.6) is 11.5 Å². The number of carbonyl (C=O) groups excluding carboxylic acids is 1. The molecule has 1 fully saturated rings. The van der Waals surface area contributed by atoms with Crippen molar-refractivity contribution in [2.24, 2.45) is 0 Å². The van der Waals surface area contributed by atoms with Crippen LogP contribution in [0.15, 0.2) is 42.5 Å². The molecule has 182 valence electrons. The first-order chi connectivity index (χ1) is 15.5. The summed E-state index contributed by atoms with van der Waals surface area (Å²) in [5, 5.41) is 6.01. The van der Waals surface area contributed by atoms with Crippen molar-refractivity contribution in [3.05, 3.63) is 59.2 Å². The summed E-state index contributed by atoms with van der Waals surface area (Å²) in [6.45, 7) is 11.0. The van der Waals surface area contributed by atoms with Crippen molar-refractivity contribution in [1.82, 2.24) is 20.4 Å². The minimum Gasteiger partial charge on any atom is -0.497 e. The molecular formula is C25H37ClN4O3. The summed E-state index contributed by atoms with van der Waals surface area (Å²) in [5.41, 5.74) is 3.28. The zero-order chi connectivity index (χ0) is 22.9. The zero-order valence-corrected chi connectivity index (χ0v) is 20.9. The number of amides is 2. The van der Waals surface area contributed by atoms with Crippen molar-refractivity contribution in [1.29, 1.82) is 0 Å². The van der Waals surface area contributed by atoms with E-state index in [0.717, 1.165) is 56.1 Å². The molecule has 1 saturated heterocycles. The second-order valence-electron chi connectivity index (χ2n) is 8.14. The number of methoxy groups -OCH3 is 2. The molecule has 2 aromatic rings. The zero-order valence-electron chi connectivity index (χ0n) is 20.1. The van der Waals surface area contributed by atoms with Crippen molar-refractivity contribution < 1.29 is 14.3 Å². The highest BCUT2D eigenvalue weighted by Crippen LogP contribution is 2.29. The van der Waals surface area contributed by atoms with Gasteiger partial charge in [-0.05, 0) is 42.8 Å². The quantitative estimate of drug-likeness (QED) is 0.576. The van der Waals surface area contributed by atoms with Gasteiger partial charge in [0.05, 0.1) is 20.3 Å². The molecule has 33 heavy (non-hydrogen) atoms. The van der Waals surface area contributed by atoms with E-state index in [1.807, 2.05) is 31.2 Å². The van der Waals surface area contributed by atoms with E-state index in [4.69, 9.17) is 9.47 Å². The van der Waals surface area contributed by atoms with Crippen LogP contribution in [0, 0.1) is 0 Å². The van der Waals surface area contributed by atoms with Gasteiger partial charge in [-0.2, -0.15) is 0 Å². The highest BCUT2D eigenvalue weighted by Gasteiger charge is 2.18. The van der Waals surface area contributed by atoms with Crippen molar-refractivity contribution in [2.45, 2.75) is 33.0 Å². The van der Waals surface area contributed by atoms with Crippen LogP contribution in [0.3, 0.4) is 0 Å². The Hall–Kier alpha value is -2.48. The maximum atomic E-state index is 12.6. The van der Waals surface area contributed by atoms with Crippen LogP contribution < -0.4 is 20.1 Å². The number of urea groups is 1. The van der Waals surface area contributed by atoms with E-state index in [1.165, 1.54) is 5.56 Å². The first-order valence-electron chi connectivity index (χ1n) is 11.3. The molecule has 2 amide bonds. The topological polar surface area (TPSA) is 66.1 Å². The fraction of sp³-hybridized carbons (Fsp3) is 0.480. The molecule has 1 atom stereocenters. The molecule has 8 heteroatoms. The number of halogens is 1. The number of piperazine rings is 1. The third kappa shape index (κ3) is 7.52. The largest absolute Gasteiger partial charge is 0.497 e. The molecule has 1 aliphatic rings. The SMILES string of the molecule is CCN1CCN(Cc2ccccc2CNC(=O)NC(C)c2cc(OC)ccc2OC)CC1.Cl. The number of nitrogens with one attached hydrogen (secondary N) is 2. The Kier molecular flexibility index (Phi) is 10.8. The molecule has 1 aliphatic heterocycles. The molecule has 0 aliphatic carbocycles. The van der Waals surface area contributed by atoms with Crippen LogP contribution in [-0.4, -0.2) is 62.8 Å². The third-order valence-corrected chi connectivity index (χ3v) is 6.11. The van der Waals surface area contributed by atoms with E-state index in [-0.39, 0.29) is 24.5 Å². The maximum absolute atomic E-state index is 12.6. The average Bonchev–Trinajstić information content (AvgIpc) is 2.83. The summed E-state index contributed by atoms with van der Waals surface area (Å²) in [7, 11) is 3.24. The van der Waals surface area contributed by atoms with E-state index in [1.54, 1.807) is 14.2 Å². The van der Waals surface area contributed by atoms with E-state index in [0.29, 0.717) is 12.3 Å². The fourth-order valence-electron chi connectivity index (χ4n) is 4.07. The van der Waals surface area contributed by atoms with Crippen LogP contribution in [0.1, 0.15) is 36.6 Å². The fourth-order valence-corrected chi connectivity index (χ4v) is 4.07. The second-order valence-corrected chi connectivity index (χ2v) is 8.14. The van der Waals surface area contributed by atoms with Gasteiger partial charge in [0.15, 0.2) is 0 Å². The van der Waals surface area contributed by atoms with Gasteiger partial charge in [-0.15, -0.1) is 12.4 Å². The first kappa shape index (κ1) is 26.8. The lowest BCUT2D eigenvalue weighted by atomic mass is 10.1. The predicted octanol–water partition coefficient (Wildman–Crippen LogP) is 3.82. The van der Waals surface area contributed by atoms with Crippen LogP contribution in [0.25, 0.3) is 0 Å². The summed E-state index contributed by atoms with van der Waals surface area (Å²) < 4.78 is 10.8. The molecule has 1 unspecified atom stereocenters. The summed E-state index contributed by atoms with van der Waals surface area (Å²) >= 11 is 0. The number of benzene rings is 2. The first-order valence-corrected chi connectivity index (χ1v) is 11.3. The van der Waals surface area contributed by atoms with Crippen molar-refractivity contribution in [3.63, 3.8) is 0 Å². The van der Waals surface area contributed by atoms with Crippen LogP contribution >= 0.6 is 12.4 Å². The number of carbonyl (C=O) groups is 1. The lowest BCUT2D eigenvalue weighted by Crippen LogP contribution is -2.45. The van der Waals surface area contributed by atoms with Crippen molar-refractivity contribution in [3.8, 4) is 11.5 Å². The summed E-state index contributed by atoms with van der Waals surface area (Å²) in [4.78, 5) is 17.6. The molecule has 0 spiro atoms. The van der Waals surface area contributed by atoms with Gasteiger partial charge >= 0.3 is 6.03 Å². The Bertz CT molecular complexity index is 888. The molecule has 7 nitrogen and oxygen atoms in total. The van der Waals surface area contributed by atoms with Gasteiger partial charge < -0.3 is 25.0 Å². The Morgan fingerprint density at radius 3 is 2.30 bits per heavy atom. The van der Waals surface area contributed by atoms with E-state index >= 15 is 0 Å². The van der Waals surface area contributed by atoms with Gasteiger partial charge in [-0.25, -0.2) is 4.79 Å². The monoisotopic (exact) mass is 476 g/mol. The van der Waals surface area contributed by atoms with Gasteiger partial charge in [0.2, 0.25) is 0 Å². The molecule has 1 heterocycles. The minimum absolute atomic E-state index is 0. The van der Waals surface area contributed by atoms with E-state index in [2.05, 4.69) is 45.6 Å². The number of rotatable bonds is 9. The molecule has 0 radical (unpaired) electrons. The van der Waals surface area contributed by atoms with Crippen molar-refractivity contribution in [2.75, 3.05) is 46.9 Å². The smallest absolute Gasteiger partial charge is 0.315 e. The predicted molar refractivity (Wildman–Crippen MR) is 134 cm³/mol. The van der Waals surface area contributed by atoms with Gasteiger partial charge in [0, 0.05) is 44.8 Å². The van der Waals surface area contributed by atoms with E-state index in [9.17, 15) is 4.79 Å². The number of hydrogen-bond acceptors (Lipinski definition) is 5. The molecule has 2 aromatic carbocycles. The Balaban J connectivity index is 0.00000385. The van der Waals surface area contributed by atoms with Crippen molar-refractivity contribution >= 4 is 18.4 Å². The molecule has 2 N–H and O–H groups in total. The van der Waals surface area contributed by atoms with Gasteiger partial charge in [-0.1, -0.05) is 31.2 Å². The maximum Gasteiger partial charge on any atom is 0.315 e. The lowest BCUT2D eigenvalue weighted by molar-refractivity contribution is 0.131. The molecule has 0 saturated carbocycles. The van der Waals surface area contributed by atoms with Gasteiger partial charge in [0.1, 0.15) is 11.5 Å². The molecular weight excluding hydrogens is 440 g/mol. The Morgan fingerprint density at radius 2 is 1.67 bits per heavy atom. The molecule has 3 rings (SSSR count). The summed E-state index contributed by atoms with van der Waals surface area (Å²) in [6.07, 6.45) is 0. The van der Waals surface area contributed by atoms with E-state index < -0.39 is 0 Å². The molecule has 0 bridgehead atoms. The van der Waals surface area contributed by atoms with Gasteiger partial charge in [0.25, 0.3) is 0 Å². The third-order valence-electron chi connectivity index (χ3n) is 6.11. The number of hydrogen-bond donors (Lipinski definition) is 2. The summed E-state index contributed by atoms with van der Waals surface area (Å²) in [5.74, 6) is 1.44. The minimum atomic E-state index is -0.231. The number of nitrogens with zero attached hydrogens (tertiary/aromatic N) is 2. The number of likely N-dealkylation sites (N-methyl/N-ethyl adjacent to an activating group) is 1. The Labute approximate surface area is 203 Å². The lowest BCUT2D eigenvalue weighted by Gasteiger charge is -2.34.